The van der Waals surface area contributed by atoms with Crippen LogP contribution >= 0.6 is 0 Å². The van der Waals surface area contributed by atoms with Gasteiger partial charge in [-0.05, 0) is 41.7 Å². The summed E-state index contributed by atoms with van der Waals surface area (Å²) in [6.07, 6.45) is 2.03. The third-order valence-electron chi connectivity index (χ3n) is 5.47. The molecule has 6 heteroatoms. The minimum Gasteiger partial charge on any atom is -0.379 e. The molecule has 1 N–H and O–H groups in total. The summed E-state index contributed by atoms with van der Waals surface area (Å²) in [6.45, 7) is 5.41. The number of carbonyl (C=O) groups is 1. The minimum absolute atomic E-state index is 0.0887. The van der Waals surface area contributed by atoms with Gasteiger partial charge in [-0.1, -0.05) is 36.4 Å². The summed E-state index contributed by atoms with van der Waals surface area (Å²) >= 11 is 0. The molecule has 0 spiro atoms. The highest BCUT2D eigenvalue weighted by Gasteiger charge is 2.32. The highest BCUT2D eigenvalue weighted by molar-refractivity contribution is 5.75. The molecule has 1 aliphatic heterocycles. The summed E-state index contributed by atoms with van der Waals surface area (Å²) in [5.74, 6) is -0.268. The van der Waals surface area contributed by atoms with Crippen LogP contribution in [0.1, 0.15) is 29.5 Å². The van der Waals surface area contributed by atoms with Gasteiger partial charge < -0.3 is 15.0 Å². The standard InChI is InChI=1S/C23H28FN3O2/c24-21-3-1-2-20(14-21)17-27(22-8-9-22)23(28)25-15-18-4-6-19(7-5-18)16-26-10-12-29-13-11-26/h1-7,14,22H,8-13,15-17H2,(H,25,28). The van der Waals surface area contributed by atoms with E-state index in [4.69, 9.17) is 4.74 Å². The normalized spacial score (nSPS) is 17.1. The predicted octanol–water partition coefficient (Wildman–Crippen LogP) is 3.53. The Bertz CT molecular complexity index is 817. The minimum atomic E-state index is -0.268. The van der Waals surface area contributed by atoms with Gasteiger partial charge in [-0.15, -0.1) is 0 Å². The Balaban J connectivity index is 1.29. The molecule has 0 aromatic heterocycles. The molecule has 29 heavy (non-hydrogen) atoms. The number of halogens is 1. The van der Waals surface area contributed by atoms with Crippen LogP contribution in [-0.4, -0.2) is 48.2 Å². The predicted molar refractivity (Wildman–Crippen MR) is 110 cm³/mol. The van der Waals surface area contributed by atoms with Gasteiger partial charge in [0.1, 0.15) is 5.82 Å². The van der Waals surface area contributed by atoms with Crippen molar-refractivity contribution in [2.75, 3.05) is 26.3 Å². The Morgan fingerprint density at radius 1 is 1.07 bits per heavy atom. The lowest BCUT2D eigenvalue weighted by Gasteiger charge is -2.26. The van der Waals surface area contributed by atoms with E-state index < -0.39 is 0 Å². The van der Waals surface area contributed by atoms with Gasteiger partial charge in [-0.3, -0.25) is 4.90 Å². The van der Waals surface area contributed by atoms with Crippen molar-refractivity contribution >= 4 is 6.03 Å². The number of hydrogen-bond donors (Lipinski definition) is 1. The average Bonchev–Trinajstić information content (AvgIpc) is 3.57. The molecule has 0 unspecified atom stereocenters. The van der Waals surface area contributed by atoms with Crippen molar-refractivity contribution in [1.29, 1.82) is 0 Å². The maximum atomic E-state index is 13.5. The fraction of sp³-hybridized carbons (Fsp3) is 0.435. The molecule has 2 aromatic rings. The van der Waals surface area contributed by atoms with Crippen LogP contribution in [0.25, 0.3) is 0 Å². The van der Waals surface area contributed by atoms with E-state index in [-0.39, 0.29) is 17.9 Å². The summed E-state index contributed by atoms with van der Waals surface area (Å²) in [5, 5.41) is 3.02. The molecule has 4 rings (SSSR count). The first-order chi connectivity index (χ1) is 14.2. The lowest BCUT2D eigenvalue weighted by Crippen LogP contribution is -2.40. The molecule has 0 atom stereocenters. The molecule has 154 valence electrons. The van der Waals surface area contributed by atoms with Crippen molar-refractivity contribution in [3.8, 4) is 0 Å². The molecular formula is C23H28FN3O2. The summed E-state index contributed by atoms with van der Waals surface area (Å²) < 4.78 is 18.8. The number of benzene rings is 2. The van der Waals surface area contributed by atoms with Crippen LogP contribution in [0.5, 0.6) is 0 Å². The number of urea groups is 1. The second kappa shape index (κ2) is 9.37. The topological polar surface area (TPSA) is 44.8 Å². The molecule has 1 aliphatic carbocycles. The molecule has 2 aromatic carbocycles. The smallest absolute Gasteiger partial charge is 0.318 e. The molecule has 2 aliphatic rings. The molecular weight excluding hydrogens is 369 g/mol. The van der Waals surface area contributed by atoms with E-state index in [0.29, 0.717) is 13.1 Å². The van der Waals surface area contributed by atoms with Crippen molar-refractivity contribution in [3.63, 3.8) is 0 Å². The zero-order valence-electron chi connectivity index (χ0n) is 16.6. The number of morpholine rings is 1. The third kappa shape index (κ3) is 5.78. The fourth-order valence-corrected chi connectivity index (χ4v) is 3.64. The first kappa shape index (κ1) is 19.9. The summed E-state index contributed by atoms with van der Waals surface area (Å²) in [7, 11) is 0. The van der Waals surface area contributed by atoms with Crippen LogP contribution in [0.4, 0.5) is 9.18 Å². The van der Waals surface area contributed by atoms with Gasteiger partial charge in [0.05, 0.1) is 13.2 Å². The third-order valence-corrected chi connectivity index (χ3v) is 5.47. The SMILES string of the molecule is O=C(NCc1ccc(CN2CCOCC2)cc1)N(Cc1cccc(F)c1)C1CC1. The number of rotatable bonds is 7. The zero-order valence-corrected chi connectivity index (χ0v) is 16.6. The molecule has 2 fully saturated rings. The Hall–Kier alpha value is -2.44. The molecule has 0 bridgehead atoms. The van der Waals surface area contributed by atoms with Gasteiger partial charge in [-0.25, -0.2) is 9.18 Å². The van der Waals surface area contributed by atoms with Gasteiger partial charge >= 0.3 is 6.03 Å². The van der Waals surface area contributed by atoms with Gasteiger partial charge in [-0.2, -0.15) is 0 Å². The van der Waals surface area contributed by atoms with Crippen LogP contribution in [0.3, 0.4) is 0 Å². The van der Waals surface area contributed by atoms with Gasteiger partial charge in [0.2, 0.25) is 0 Å². The number of hydrogen-bond acceptors (Lipinski definition) is 3. The second-order valence-corrected chi connectivity index (χ2v) is 7.85. The van der Waals surface area contributed by atoms with E-state index in [2.05, 4.69) is 34.5 Å². The number of nitrogens with one attached hydrogen (secondary N) is 1. The Morgan fingerprint density at radius 2 is 1.79 bits per heavy atom. The molecule has 0 radical (unpaired) electrons. The quantitative estimate of drug-likeness (QED) is 0.777. The average molecular weight is 397 g/mol. The Kier molecular flexibility index (Phi) is 6.42. The first-order valence-electron chi connectivity index (χ1n) is 10.3. The number of amides is 2. The van der Waals surface area contributed by atoms with E-state index in [1.165, 1.54) is 17.7 Å². The van der Waals surface area contributed by atoms with Crippen LogP contribution in [0, 0.1) is 5.82 Å². The zero-order chi connectivity index (χ0) is 20.1. The summed E-state index contributed by atoms with van der Waals surface area (Å²) in [5.41, 5.74) is 3.16. The van der Waals surface area contributed by atoms with Crippen molar-refractivity contribution in [1.82, 2.24) is 15.1 Å². The van der Waals surface area contributed by atoms with Crippen molar-refractivity contribution in [2.45, 2.75) is 38.5 Å². The van der Waals surface area contributed by atoms with Gasteiger partial charge in [0.15, 0.2) is 0 Å². The Labute approximate surface area is 171 Å². The fourth-order valence-electron chi connectivity index (χ4n) is 3.64. The van der Waals surface area contributed by atoms with Gasteiger partial charge in [0, 0.05) is 38.8 Å². The van der Waals surface area contributed by atoms with Crippen LogP contribution < -0.4 is 5.32 Å². The summed E-state index contributed by atoms with van der Waals surface area (Å²) in [4.78, 5) is 16.9. The number of nitrogens with zero attached hydrogens (tertiary/aromatic N) is 2. The van der Waals surface area contributed by atoms with E-state index >= 15 is 0 Å². The van der Waals surface area contributed by atoms with Crippen LogP contribution in [0.2, 0.25) is 0 Å². The number of carbonyl (C=O) groups excluding carboxylic acids is 1. The maximum Gasteiger partial charge on any atom is 0.318 e. The largest absolute Gasteiger partial charge is 0.379 e. The van der Waals surface area contributed by atoms with Crippen molar-refractivity contribution in [3.05, 3.63) is 71.0 Å². The highest BCUT2D eigenvalue weighted by atomic mass is 19.1. The molecule has 1 saturated carbocycles. The lowest BCUT2D eigenvalue weighted by molar-refractivity contribution is 0.0342. The van der Waals surface area contributed by atoms with Crippen molar-refractivity contribution in [2.24, 2.45) is 0 Å². The maximum absolute atomic E-state index is 13.5. The first-order valence-corrected chi connectivity index (χ1v) is 10.3. The monoisotopic (exact) mass is 397 g/mol. The van der Waals surface area contributed by atoms with Crippen molar-refractivity contribution < 1.29 is 13.9 Å². The molecule has 1 heterocycles. The van der Waals surface area contributed by atoms with E-state index in [0.717, 1.165) is 56.8 Å². The molecule has 1 saturated heterocycles. The van der Waals surface area contributed by atoms with E-state index in [9.17, 15) is 9.18 Å². The number of ether oxygens (including phenoxy) is 1. The summed E-state index contributed by atoms with van der Waals surface area (Å²) in [6, 6.07) is 15.0. The Morgan fingerprint density at radius 3 is 2.48 bits per heavy atom. The van der Waals surface area contributed by atoms with Crippen LogP contribution in [-0.2, 0) is 24.4 Å². The van der Waals surface area contributed by atoms with Crippen LogP contribution in [0.15, 0.2) is 48.5 Å². The molecule has 5 nitrogen and oxygen atoms in total. The second-order valence-electron chi connectivity index (χ2n) is 7.85. The van der Waals surface area contributed by atoms with E-state index in [1.807, 2.05) is 11.0 Å². The molecule has 2 amide bonds. The lowest BCUT2D eigenvalue weighted by atomic mass is 10.1. The van der Waals surface area contributed by atoms with E-state index in [1.54, 1.807) is 6.07 Å². The van der Waals surface area contributed by atoms with Gasteiger partial charge in [0.25, 0.3) is 0 Å². The highest BCUT2D eigenvalue weighted by Crippen LogP contribution is 2.28.